The largest absolute Gasteiger partial charge is 0.465 e. The molecule has 0 heterocycles. The minimum absolute atomic E-state index is 0. The second-order valence-electron chi connectivity index (χ2n) is 4.28. The Morgan fingerprint density at radius 3 is 2.52 bits per heavy atom. The molecule has 0 aliphatic rings. The Morgan fingerprint density at radius 1 is 1.29 bits per heavy atom. The SMILES string of the molecule is CNCCCNS(=O)(=O)c1cccc(C(=O)OC)c1C.Cl. The third-order valence-electron chi connectivity index (χ3n) is 2.87. The van der Waals surface area contributed by atoms with Crippen LogP contribution in [0.5, 0.6) is 0 Å². The Kier molecular flexibility index (Phi) is 8.50. The lowest BCUT2D eigenvalue weighted by Gasteiger charge is -2.11. The average molecular weight is 337 g/mol. The number of hydrogen-bond acceptors (Lipinski definition) is 5. The van der Waals surface area contributed by atoms with Crippen LogP contribution in [0.4, 0.5) is 0 Å². The van der Waals surface area contributed by atoms with Crippen LogP contribution >= 0.6 is 12.4 Å². The van der Waals surface area contributed by atoms with Gasteiger partial charge >= 0.3 is 5.97 Å². The normalized spacial score (nSPS) is 10.8. The minimum atomic E-state index is -3.62. The van der Waals surface area contributed by atoms with Crippen molar-refractivity contribution in [2.45, 2.75) is 18.2 Å². The smallest absolute Gasteiger partial charge is 0.338 e. The maximum absolute atomic E-state index is 12.2. The Labute approximate surface area is 131 Å². The summed E-state index contributed by atoms with van der Waals surface area (Å²) >= 11 is 0. The van der Waals surface area contributed by atoms with Gasteiger partial charge in [-0.15, -0.1) is 12.4 Å². The minimum Gasteiger partial charge on any atom is -0.465 e. The van der Waals surface area contributed by atoms with Crippen molar-refractivity contribution >= 4 is 28.4 Å². The fourth-order valence-electron chi connectivity index (χ4n) is 1.79. The number of nitrogens with one attached hydrogen (secondary N) is 2. The van der Waals surface area contributed by atoms with Crippen LogP contribution in [0.15, 0.2) is 23.1 Å². The summed E-state index contributed by atoms with van der Waals surface area (Å²) in [5.74, 6) is -0.547. The molecule has 1 rings (SSSR count). The van der Waals surface area contributed by atoms with Crippen LogP contribution in [0.3, 0.4) is 0 Å². The molecule has 0 amide bonds. The molecule has 0 saturated carbocycles. The van der Waals surface area contributed by atoms with Crippen molar-refractivity contribution in [3.63, 3.8) is 0 Å². The van der Waals surface area contributed by atoms with E-state index >= 15 is 0 Å². The molecule has 0 saturated heterocycles. The van der Waals surface area contributed by atoms with Crippen LogP contribution in [0.1, 0.15) is 22.3 Å². The summed E-state index contributed by atoms with van der Waals surface area (Å²) in [5.41, 5.74) is 0.645. The number of esters is 1. The number of benzene rings is 1. The van der Waals surface area contributed by atoms with Crippen LogP contribution in [0, 0.1) is 6.92 Å². The number of ether oxygens (including phenoxy) is 1. The topological polar surface area (TPSA) is 84.5 Å². The quantitative estimate of drug-likeness (QED) is 0.575. The van der Waals surface area contributed by atoms with Crippen LogP contribution in [0.2, 0.25) is 0 Å². The summed E-state index contributed by atoms with van der Waals surface area (Å²) in [5, 5.41) is 2.94. The van der Waals surface area contributed by atoms with E-state index in [1.165, 1.54) is 19.2 Å². The molecule has 1 aromatic rings. The van der Waals surface area contributed by atoms with E-state index in [9.17, 15) is 13.2 Å². The van der Waals surface area contributed by atoms with Gasteiger partial charge in [-0.1, -0.05) is 6.07 Å². The number of rotatable bonds is 7. The summed E-state index contributed by atoms with van der Waals surface area (Å²) in [6.45, 7) is 2.66. The zero-order chi connectivity index (χ0) is 15.2. The molecule has 0 aliphatic carbocycles. The molecule has 6 nitrogen and oxygen atoms in total. The highest BCUT2D eigenvalue weighted by Gasteiger charge is 2.20. The Morgan fingerprint density at radius 2 is 1.95 bits per heavy atom. The molecule has 0 bridgehead atoms. The maximum atomic E-state index is 12.2. The standard InChI is InChI=1S/C13H20N2O4S.ClH/c1-10-11(13(16)19-3)6-4-7-12(10)20(17,18)15-9-5-8-14-2;/h4,6-7,14-15H,5,8-9H2,1-3H3;1H. The highest BCUT2D eigenvalue weighted by molar-refractivity contribution is 7.89. The van der Waals surface area contributed by atoms with Crippen molar-refractivity contribution < 1.29 is 17.9 Å². The highest BCUT2D eigenvalue weighted by atomic mass is 35.5. The number of sulfonamides is 1. The molecule has 0 aliphatic heterocycles. The van der Waals surface area contributed by atoms with Crippen molar-refractivity contribution in [2.24, 2.45) is 0 Å². The lowest BCUT2D eigenvalue weighted by Crippen LogP contribution is -2.27. The monoisotopic (exact) mass is 336 g/mol. The first-order valence-electron chi connectivity index (χ1n) is 6.26. The summed E-state index contributed by atoms with van der Waals surface area (Å²) in [4.78, 5) is 11.7. The molecular formula is C13H21ClN2O4S. The molecule has 0 aromatic heterocycles. The number of carbonyl (C=O) groups excluding carboxylic acids is 1. The molecule has 8 heteroatoms. The Balaban J connectivity index is 0.00000400. The molecule has 0 atom stereocenters. The molecule has 1 aromatic carbocycles. The first-order valence-corrected chi connectivity index (χ1v) is 7.74. The van der Waals surface area contributed by atoms with Crippen LogP contribution in [-0.4, -0.2) is 41.6 Å². The number of hydrogen-bond donors (Lipinski definition) is 2. The molecule has 21 heavy (non-hydrogen) atoms. The van der Waals surface area contributed by atoms with Crippen molar-refractivity contribution in [1.82, 2.24) is 10.0 Å². The summed E-state index contributed by atoms with van der Waals surface area (Å²) in [6, 6.07) is 4.55. The van der Waals surface area contributed by atoms with Gasteiger partial charge in [0.2, 0.25) is 10.0 Å². The number of halogens is 1. The maximum Gasteiger partial charge on any atom is 0.338 e. The second-order valence-corrected chi connectivity index (χ2v) is 6.01. The first-order chi connectivity index (χ1) is 9.44. The molecular weight excluding hydrogens is 316 g/mol. The van der Waals surface area contributed by atoms with Gasteiger partial charge in [0, 0.05) is 6.54 Å². The van der Waals surface area contributed by atoms with E-state index in [-0.39, 0.29) is 22.9 Å². The van der Waals surface area contributed by atoms with Crippen LogP contribution in [0.25, 0.3) is 0 Å². The van der Waals surface area contributed by atoms with Gasteiger partial charge in [-0.2, -0.15) is 0 Å². The van der Waals surface area contributed by atoms with E-state index in [0.29, 0.717) is 18.5 Å². The predicted octanol–water partition coefficient (Wildman–Crippen LogP) is 1.09. The van der Waals surface area contributed by atoms with E-state index in [0.717, 1.165) is 6.54 Å². The summed E-state index contributed by atoms with van der Waals surface area (Å²) in [6.07, 6.45) is 0.686. The molecule has 0 fully saturated rings. The predicted molar refractivity (Wildman–Crippen MR) is 83.5 cm³/mol. The van der Waals surface area contributed by atoms with Gasteiger partial charge in [0.1, 0.15) is 0 Å². The van der Waals surface area contributed by atoms with Gasteiger partial charge < -0.3 is 10.1 Å². The summed E-state index contributed by atoms with van der Waals surface area (Å²) in [7, 11) is -0.554. The van der Waals surface area contributed by atoms with Crippen molar-refractivity contribution in [3.8, 4) is 0 Å². The number of carbonyl (C=O) groups is 1. The Bertz CT molecular complexity index is 576. The summed E-state index contributed by atoms with van der Waals surface area (Å²) < 4.78 is 31.5. The fourth-order valence-corrected chi connectivity index (χ4v) is 3.13. The molecule has 2 N–H and O–H groups in total. The van der Waals surface area contributed by atoms with Crippen molar-refractivity contribution in [3.05, 3.63) is 29.3 Å². The van der Waals surface area contributed by atoms with E-state index in [1.54, 1.807) is 20.0 Å². The average Bonchev–Trinajstić information content (AvgIpc) is 2.43. The van der Waals surface area contributed by atoms with Crippen molar-refractivity contribution in [2.75, 3.05) is 27.2 Å². The molecule has 0 radical (unpaired) electrons. The van der Waals surface area contributed by atoms with Gasteiger partial charge in [-0.25, -0.2) is 17.9 Å². The van der Waals surface area contributed by atoms with Gasteiger partial charge in [0.05, 0.1) is 17.6 Å². The molecule has 0 spiro atoms. The van der Waals surface area contributed by atoms with E-state index < -0.39 is 16.0 Å². The highest BCUT2D eigenvalue weighted by Crippen LogP contribution is 2.19. The zero-order valence-corrected chi connectivity index (χ0v) is 13.9. The van der Waals surface area contributed by atoms with E-state index in [4.69, 9.17) is 0 Å². The van der Waals surface area contributed by atoms with Crippen LogP contribution < -0.4 is 10.0 Å². The second kappa shape index (κ2) is 8.99. The number of methoxy groups -OCH3 is 1. The Hall–Kier alpha value is -1.15. The van der Waals surface area contributed by atoms with Crippen molar-refractivity contribution in [1.29, 1.82) is 0 Å². The van der Waals surface area contributed by atoms with Gasteiger partial charge in [-0.05, 0) is 44.6 Å². The van der Waals surface area contributed by atoms with Gasteiger partial charge in [0.15, 0.2) is 0 Å². The first kappa shape index (κ1) is 19.9. The van der Waals surface area contributed by atoms with E-state index in [2.05, 4.69) is 14.8 Å². The third-order valence-corrected chi connectivity index (χ3v) is 4.48. The van der Waals surface area contributed by atoms with E-state index in [1.807, 2.05) is 0 Å². The lowest BCUT2D eigenvalue weighted by molar-refractivity contribution is 0.0599. The van der Waals surface area contributed by atoms with Gasteiger partial charge in [0.25, 0.3) is 0 Å². The lowest BCUT2D eigenvalue weighted by atomic mass is 10.1. The molecule has 0 unspecified atom stereocenters. The van der Waals surface area contributed by atoms with Gasteiger partial charge in [-0.3, -0.25) is 0 Å². The molecule has 120 valence electrons. The zero-order valence-electron chi connectivity index (χ0n) is 12.3. The fraction of sp³-hybridized carbons (Fsp3) is 0.462. The van der Waals surface area contributed by atoms with Crippen LogP contribution in [-0.2, 0) is 14.8 Å². The third kappa shape index (κ3) is 5.28.